The van der Waals surface area contributed by atoms with E-state index in [0.29, 0.717) is 11.1 Å². The molecule has 1 N–H and O–H groups in total. The van der Waals surface area contributed by atoms with Gasteiger partial charge in [0.15, 0.2) is 5.78 Å². The van der Waals surface area contributed by atoms with Crippen molar-refractivity contribution in [2.24, 2.45) is 0 Å². The highest BCUT2D eigenvalue weighted by atomic mass is 19.1. The Kier molecular flexibility index (Phi) is 7.47. The maximum atomic E-state index is 13.9. The zero-order valence-corrected chi connectivity index (χ0v) is 20.3. The van der Waals surface area contributed by atoms with Crippen molar-refractivity contribution >= 4 is 28.6 Å². The predicted molar refractivity (Wildman–Crippen MR) is 131 cm³/mol. The number of ether oxygens (including phenoxy) is 2. The fourth-order valence-corrected chi connectivity index (χ4v) is 3.99. The summed E-state index contributed by atoms with van der Waals surface area (Å²) in [6, 6.07) is 7.71. The number of carbonyl (C=O) groups is 2. The van der Waals surface area contributed by atoms with Gasteiger partial charge in [-0.2, -0.15) is 0 Å². The number of morpholine rings is 1. The van der Waals surface area contributed by atoms with Crippen LogP contribution in [0.5, 0.6) is 0 Å². The average Bonchev–Trinajstić information content (AvgIpc) is 3.21. The van der Waals surface area contributed by atoms with Crippen molar-refractivity contribution in [2.75, 3.05) is 38.2 Å². The normalized spacial score (nSPS) is 14.7. The molecule has 4 rings (SSSR count). The van der Waals surface area contributed by atoms with E-state index in [1.54, 1.807) is 27.0 Å². The third-order valence-electron chi connectivity index (χ3n) is 5.74. The molecule has 1 aliphatic rings. The Balaban J connectivity index is 1.45. The number of aromatic nitrogens is 2. The van der Waals surface area contributed by atoms with E-state index in [1.807, 2.05) is 18.3 Å². The summed E-state index contributed by atoms with van der Waals surface area (Å²) >= 11 is 0. The summed E-state index contributed by atoms with van der Waals surface area (Å²) < 4.78 is 26.6. The van der Waals surface area contributed by atoms with Crippen LogP contribution >= 0.6 is 0 Å². The van der Waals surface area contributed by atoms with Gasteiger partial charge in [-0.15, -0.1) is 0 Å². The van der Waals surface area contributed by atoms with Gasteiger partial charge in [0.1, 0.15) is 17.1 Å². The van der Waals surface area contributed by atoms with Gasteiger partial charge in [-0.25, -0.2) is 14.2 Å². The molecular weight excluding hydrogens is 451 g/mol. The first-order chi connectivity index (χ1) is 16.7. The van der Waals surface area contributed by atoms with E-state index in [1.165, 1.54) is 18.2 Å². The molecule has 0 aliphatic carbocycles. The predicted octanol–water partition coefficient (Wildman–Crippen LogP) is 4.28. The summed E-state index contributed by atoms with van der Waals surface area (Å²) in [7, 11) is 0. The number of Topliss-reactive ketones (excluding diaryl/α,β-unsaturated/α-hetero) is 1. The molecule has 0 bridgehead atoms. The fourth-order valence-electron chi connectivity index (χ4n) is 3.99. The molecule has 9 heteroatoms. The molecule has 2 aromatic heterocycles. The number of ketones is 1. The van der Waals surface area contributed by atoms with Crippen molar-refractivity contribution in [2.45, 2.75) is 39.3 Å². The van der Waals surface area contributed by atoms with Crippen LogP contribution in [0.3, 0.4) is 0 Å². The second kappa shape index (κ2) is 10.5. The van der Waals surface area contributed by atoms with E-state index in [9.17, 15) is 14.0 Å². The van der Waals surface area contributed by atoms with Gasteiger partial charge in [-0.3, -0.25) is 15.0 Å². The van der Waals surface area contributed by atoms with Gasteiger partial charge in [0.2, 0.25) is 0 Å². The number of nitrogens with zero attached hydrogens (tertiary/aromatic N) is 3. The lowest BCUT2D eigenvalue weighted by Crippen LogP contribution is -2.38. The third-order valence-corrected chi connectivity index (χ3v) is 5.74. The Morgan fingerprint density at radius 1 is 1.14 bits per heavy atom. The van der Waals surface area contributed by atoms with E-state index in [2.05, 4.69) is 19.8 Å². The van der Waals surface area contributed by atoms with Crippen molar-refractivity contribution in [3.63, 3.8) is 0 Å². The molecule has 186 valence electrons. The largest absolute Gasteiger partial charge is 0.444 e. The average molecular weight is 483 g/mol. The summed E-state index contributed by atoms with van der Waals surface area (Å²) in [6.45, 7) is 10.3. The van der Waals surface area contributed by atoms with Gasteiger partial charge in [0, 0.05) is 55.9 Å². The summed E-state index contributed by atoms with van der Waals surface area (Å²) in [5.41, 5.74) is 1.27. The van der Waals surface area contributed by atoms with E-state index in [0.717, 1.165) is 50.4 Å². The number of fused-ring (bicyclic) bond motifs is 1. The second-order valence-corrected chi connectivity index (χ2v) is 9.63. The van der Waals surface area contributed by atoms with Crippen molar-refractivity contribution < 1.29 is 23.5 Å². The molecule has 1 fully saturated rings. The number of amides is 1. The molecule has 3 heterocycles. The third kappa shape index (κ3) is 6.64. The molecule has 1 aromatic carbocycles. The first kappa shape index (κ1) is 24.8. The molecule has 0 radical (unpaired) electrons. The number of carbonyl (C=O) groups excluding carboxylic acids is 2. The van der Waals surface area contributed by atoms with E-state index in [-0.39, 0.29) is 17.9 Å². The summed E-state index contributed by atoms with van der Waals surface area (Å²) in [4.78, 5) is 32.1. The number of hydrogen-bond donors (Lipinski definition) is 1. The zero-order chi connectivity index (χ0) is 25.0. The monoisotopic (exact) mass is 482 g/mol. The number of nitrogens with one attached hydrogen (secondary N) is 1. The van der Waals surface area contributed by atoms with Crippen LogP contribution in [0, 0.1) is 5.82 Å². The van der Waals surface area contributed by atoms with E-state index >= 15 is 0 Å². The molecule has 8 nitrogen and oxygen atoms in total. The number of hydrogen-bond acceptors (Lipinski definition) is 6. The van der Waals surface area contributed by atoms with Crippen LogP contribution in [0.2, 0.25) is 0 Å². The van der Waals surface area contributed by atoms with Crippen LogP contribution < -0.4 is 5.32 Å². The van der Waals surface area contributed by atoms with Crippen molar-refractivity contribution in [3.8, 4) is 0 Å². The lowest BCUT2D eigenvalue weighted by molar-refractivity contribution is 0.0365. The van der Waals surface area contributed by atoms with Gasteiger partial charge in [0.25, 0.3) is 0 Å². The minimum Gasteiger partial charge on any atom is -0.444 e. The highest BCUT2D eigenvalue weighted by Gasteiger charge is 2.19. The van der Waals surface area contributed by atoms with Crippen LogP contribution in [0.1, 0.15) is 36.7 Å². The molecule has 1 amide bonds. The van der Waals surface area contributed by atoms with Gasteiger partial charge in [-0.05, 0) is 50.6 Å². The Hall–Kier alpha value is -3.30. The number of rotatable bonds is 7. The smallest absolute Gasteiger partial charge is 0.412 e. The van der Waals surface area contributed by atoms with Crippen molar-refractivity contribution in [1.82, 2.24) is 14.5 Å². The maximum absolute atomic E-state index is 13.9. The highest BCUT2D eigenvalue weighted by Crippen LogP contribution is 2.22. The lowest BCUT2D eigenvalue weighted by Gasteiger charge is -2.26. The minimum absolute atomic E-state index is 0.0175. The maximum Gasteiger partial charge on any atom is 0.412 e. The van der Waals surface area contributed by atoms with Gasteiger partial charge in [0.05, 0.1) is 18.9 Å². The molecule has 35 heavy (non-hydrogen) atoms. The number of halogens is 1. The van der Waals surface area contributed by atoms with Crippen LogP contribution in [0.25, 0.3) is 11.0 Å². The Labute approximate surface area is 204 Å². The Morgan fingerprint density at radius 2 is 1.91 bits per heavy atom. The van der Waals surface area contributed by atoms with Gasteiger partial charge < -0.3 is 14.0 Å². The first-order valence-corrected chi connectivity index (χ1v) is 11.7. The minimum atomic E-state index is -0.710. The second-order valence-electron chi connectivity index (χ2n) is 9.63. The Morgan fingerprint density at radius 3 is 2.66 bits per heavy atom. The number of benzene rings is 1. The Bertz CT molecular complexity index is 1210. The molecule has 0 unspecified atom stereocenters. The van der Waals surface area contributed by atoms with Crippen LogP contribution in [-0.2, 0) is 22.4 Å². The van der Waals surface area contributed by atoms with E-state index < -0.39 is 17.5 Å². The molecule has 0 spiro atoms. The summed E-state index contributed by atoms with van der Waals surface area (Å²) in [6.07, 6.45) is 2.82. The SMILES string of the molecule is CC(C)(C)OC(=O)Nc1cc(F)ccc1CC(=O)c1cnc2c(ccn2CCN2CCOCC2)c1. The molecular formula is C26H31FN4O4. The van der Waals surface area contributed by atoms with Gasteiger partial charge in [-0.1, -0.05) is 6.07 Å². The molecule has 3 aromatic rings. The summed E-state index contributed by atoms with van der Waals surface area (Å²) in [5, 5.41) is 3.43. The fraction of sp³-hybridized carbons (Fsp3) is 0.423. The zero-order valence-electron chi connectivity index (χ0n) is 20.3. The van der Waals surface area contributed by atoms with Crippen LogP contribution in [-0.4, -0.2) is 64.8 Å². The number of pyridine rings is 1. The van der Waals surface area contributed by atoms with Crippen LogP contribution in [0.15, 0.2) is 42.7 Å². The quantitative estimate of drug-likeness (QED) is 0.506. The number of anilines is 1. The van der Waals surface area contributed by atoms with E-state index in [4.69, 9.17) is 9.47 Å². The first-order valence-electron chi connectivity index (χ1n) is 11.7. The summed E-state index contributed by atoms with van der Waals surface area (Å²) in [5.74, 6) is -0.701. The van der Waals surface area contributed by atoms with Crippen molar-refractivity contribution in [3.05, 3.63) is 59.7 Å². The van der Waals surface area contributed by atoms with Crippen molar-refractivity contribution in [1.29, 1.82) is 0 Å². The molecule has 0 saturated carbocycles. The molecule has 0 atom stereocenters. The van der Waals surface area contributed by atoms with Crippen LogP contribution in [0.4, 0.5) is 14.9 Å². The highest BCUT2D eigenvalue weighted by molar-refractivity contribution is 6.00. The molecule has 1 aliphatic heterocycles. The lowest BCUT2D eigenvalue weighted by atomic mass is 10.0. The standard InChI is InChI=1S/C26H31FN4O4/c1-26(2,3)35-25(33)29-22-16-21(27)5-4-18(22)15-23(32)20-14-19-6-7-31(24(19)28-17-20)9-8-30-10-12-34-13-11-30/h4-7,14,16-17H,8-13,15H2,1-3H3,(H,29,33). The molecule has 1 saturated heterocycles. The van der Waals surface area contributed by atoms with Gasteiger partial charge >= 0.3 is 6.09 Å². The topological polar surface area (TPSA) is 85.7 Å².